The summed E-state index contributed by atoms with van der Waals surface area (Å²) < 4.78 is 10.3. The number of rotatable bonds is 15. The van der Waals surface area contributed by atoms with Crippen LogP contribution in [0.15, 0.2) is 0 Å². The van der Waals surface area contributed by atoms with Gasteiger partial charge in [0.15, 0.2) is 0 Å². The minimum atomic E-state index is -0.896. The van der Waals surface area contributed by atoms with Crippen molar-refractivity contribution in [1.29, 1.82) is 0 Å². The highest BCUT2D eigenvalue weighted by Gasteiger charge is 2.22. The third-order valence-corrected chi connectivity index (χ3v) is 4.52. The number of carboxylic acids is 1. The number of carboxylic acid groups (broad SMARTS) is 1. The number of carbonyl (C=O) groups excluding carboxylic acids is 2. The summed E-state index contributed by atoms with van der Waals surface area (Å²) in [5, 5.41) is 11.6. The van der Waals surface area contributed by atoms with Crippen molar-refractivity contribution in [3.8, 4) is 0 Å². The van der Waals surface area contributed by atoms with Gasteiger partial charge in [-0.05, 0) is 31.1 Å². The fourth-order valence-electron chi connectivity index (χ4n) is 2.81. The van der Waals surface area contributed by atoms with E-state index in [4.69, 9.17) is 14.6 Å². The van der Waals surface area contributed by atoms with Crippen molar-refractivity contribution < 1.29 is 29.0 Å². The molecule has 0 heterocycles. The Morgan fingerprint density at radius 2 is 1.57 bits per heavy atom. The molecule has 2 N–H and O–H groups in total. The molecule has 0 radical (unpaired) electrons. The van der Waals surface area contributed by atoms with Gasteiger partial charge >= 0.3 is 18.0 Å². The lowest BCUT2D eigenvalue weighted by Gasteiger charge is -2.21. The van der Waals surface area contributed by atoms with Crippen molar-refractivity contribution in [2.24, 2.45) is 17.8 Å². The maximum absolute atomic E-state index is 11.9. The Bertz CT molecular complexity index is 464. The van der Waals surface area contributed by atoms with E-state index in [0.29, 0.717) is 24.8 Å². The molecule has 0 aliphatic heterocycles. The Balaban J connectivity index is 4.26. The van der Waals surface area contributed by atoms with E-state index < -0.39 is 24.3 Å². The molecule has 0 aromatic rings. The summed E-state index contributed by atoms with van der Waals surface area (Å²) in [5.74, 6) is -0.317. The van der Waals surface area contributed by atoms with Gasteiger partial charge in [-0.2, -0.15) is 0 Å². The zero-order chi connectivity index (χ0) is 21.5. The van der Waals surface area contributed by atoms with Gasteiger partial charge in [-0.1, -0.05) is 53.9 Å². The molecule has 0 bridgehead atoms. The number of aliphatic carboxylic acids is 1. The molecule has 0 fully saturated rings. The second-order valence-corrected chi connectivity index (χ2v) is 8.05. The van der Waals surface area contributed by atoms with Gasteiger partial charge < -0.3 is 19.9 Å². The number of hydrogen-bond acceptors (Lipinski definition) is 5. The Hall–Kier alpha value is -1.79. The second-order valence-electron chi connectivity index (χ2n) is 8.05. The number of carbonyl (C=O) groups is 3. The van der Waals surface area contributed by atoms with Crippen molar-refractivity contribution in [3.05, 3.63) is 0 Å². The molecular formula is C21H39NO6. The predicted octanol–water partition coefficient (Wildman–Crippen LogP) is 4.74. The molecule has 0 aliphatic carbocycles. The van der Waals surface area contributed by atoms with Crippen LogP contribution in [0.25, 0.3) is 0 Å². The van der Waals surface area contributed by atoms with Crippen LogP contribution in [0.2, 0.25) is 0 Å². The molecule has 28 heavy (non-hydrogen) atoms. The summed E-state index contributed by atoms with van der Waals surface area (Å²) in [5.41, 5.74) is 0. The Morgan fingerprint density at radius 1 is 0.929 bits per heavy atom. The Labute approximate surface area is 169 Å². The average molecular weight is 402 g/mol. The smallest absolute Gasteiger partial charge is 0.410 e. The van der Waals surface area contributed by atoms with Crippen LogP contribution < -0.4 is 5.32 Å². The summed E-state index contributed by atoms with van der Waals surface area (Å²) in [6.07, 6.45) is 4.43. The number of ether oxygens (including phenoxy) is 2. The molecule has 164 valence electrons. The number of hydrogen-bond donors (Lipinski definition) is 2. The summed E-state index contributed by atoms with van der Waals surface area (Å²) in [4.78, 5) is 34.2. The van der Waals surface area contributed by atoms with Gasteiger partial charge in [-0.25, -0.2) is 4.79 Å². The number of esters is 1. The van der Waals surface area contributed by atoms with E-state index in [0.717, 1.165) is 32.1 Å². The van der Waals surface area contributed by atoms with E-state index >= 15 is 0 Å². The van der Waals surface area contributed by atoms with Crippen molar-refractivity contribution in [3.63, 3.8) is 0 Å². The lowest BCUT2D eigenvalue weighted by molar-refractivity contribution is -0.174. The molecule has 2 atom stereocenters. The summed E-state index contributed by atoms with van der Waals surface area (Å²) >= 11 is 0. The van der Waals surface area contributed by atoms with E-state index in [2.05, 4.69) is 19.2 Å². The first-order chi connectivity index (χ1) is 13.1. The van der Waals surface area contributed by atoms with Gasteiger partial charge in [0.2, 0.25) is 0 Å². The highest BCUT2D eigenvalue weighted by Crippen LogP contribution is 2.22. The maximum Gasteiger partial charge on any atom is 0.410 e. The summed E-state index contributed by atoms with van der Waals surface area (Å²) in [6.45, 7) is 10.1. The van der Waals surface area contributed by atoms with Gasteiger partial charge in [0.25, 0.3) is 6.29 Å². The molecular weight excluding hydrogens is 362 g/mol. The molecule has 1 amide bonds. The largest absolute Gasteiger partial charge is 0.481 e. The van der Waals surface area contributed by atoms with Crippen LogP contribution in [0.3, 0.4) is 0 Å². The average Bonchev–Trinajstić information content (AvgIpc) is 2.61. The first kappa shape index (κ1) is 26.2. The number of alkyl carbamates (subject to hydrolysis) is 1. The fourth-order valence-corrected chi connectivity index (χ4v) is 2.81. The van der Waals surface area contributed by atoms with E-state index in [1.165, 1.54) is 0 Å². The summed E-state index contributed by atoms with van der Waals surface area (Å²) in [7, 11) is 0. The first-order valence-electron chi connectivity index (χ1n) is 10.5. The minimum absolute atomic E-state index is 0.136. The normalized spacial score (nSPS) is 13.2. The maximum atomic E-state index is 11.9. The van der Waals surface area contributed by atoms with Gasteiger partial charge in [-0.15, -0.1) is 0 Å². The molecule has 0 aliphatic rings. The SMILES string of the molecule is CCC(=O)O[C@H](OC(=O)NCCC[C@H](CCCC(C)C)CCC(=O)O)C(C)C. The molecule has 7 nitrogen and oxygen atoms in total. The monoisotopic (exact) mass is 401 g/mol. The van der Waals surface area contributed by atoms with Crippen molar-refractivity contribution >= 4 is 18.0 Å². The first-order valence-corrected chi connectivity index (χ1v) is 10.5. The lowest BCUT2D eigenvalue weighted by Crippen LogP contribution is -2.35. The summed E-state index contributed by atoms with van der Waals surface area (Å²) in [6, 6.07) is 0. The molecule has 0 rings (SSSR count). The van der Waals surface area contributed by atoms with Crippen molar-refractivity contribution in [2.75, 3.05) is 6.54 Å². The third kappa shape index (κ3) is 14.3. The highest BCUT2D eigenvalue weighted by atomic mass is 16.7. The van der Waals surface area contributed by atoms with Gasteiger partial charge in [0.1, 0.15) is 0 Å². The van der Waals surface area contributed by atoms with Crippen molar-refractivity contribution in [2.45, 2.75) is 92.3 Å². The van der Waals surface area contributed by atoms with E-state index in [1.807, 2.05) is 13.8 Å². The zero-order valence-corrected chi connectivity index (χ0v) is 18.2. The van der Waals surface area contributed by atoms with Gasteiger partial charge in [0.05, 0.1) is 0 Å². The van der Waals surface area contributed by atoms with Crippen molar-refractivity contribution in [1.82, 2.24) is 5.32 Å². The number of nitrogens with one attached hydrogen (secondary N) is 1. The molecule has 0 saturated carbocycles. The van der Waals surface area contributed by atoms with E-state index in [9.17, 15) is 14.4 Å². The second kappa shape index (κ2) is 15.2. The van der Waals surface area contributed by atoms with Crippen LogP contribution in [-0.2, 0) is 19.1 Å². The molecule has 0 spiro atoms. The predicted molar refractivity (Wildman–Crippen MR) is 108 cm³/mol. The van der Waals surface area contributed by atoms with Crippen LogP contribution in [0.1, 0.15) is 86.0 Å². The van der Waals surface area contributed by atoms with Crippen LogP contribution in [0, 0.1) is 17.8 Å². The third-order valence-electron chi connectivity index (χ3n) is 4.52. The molecule has 0 aromatic carbocycles. The Kier molecular flexibility index (Phi) is 14.2. The van der Waals surface area contributed by atoms with E-state index in [-0.39, 0.29) is 18.8 Å². The molecule has 7 heteroatoms. The van der Waals surface area contributed by atoms with Crippen LogP contribution in [-0.4, -0.2) is 36.0 Å². The van der Waals surface area contributed by atoms with Crippen LogP contribution in [0.4, 0.5) is 4.79 Å². The quantitative estimate of drug-likeness (QED) is 0.233. The van der Waals surface area contributed by atoms with E-state index in [1.54, 1.807) is 6.92 Å². The number of amides is 1. The molecule has 0 saturated heterocycles. The zero-order valence-electron chi connectivity index (χ0n) is 18.2. The van der Waals surface area contributed by atoms with Crippen LogP contribution >= 0.6 is 0 Å². The standard InChI is InChI=1S/C21H39NO6/c1-6-19(25)27-20(16(4)5)28-21(26)22-14-8-11-17(12-13-18(23)24)10-7-9-15(2)3/h15-17,20H,6-14H2,1-5H3,(H,22,26)(H,23,24)/t17-,20+/m0/s1. The molecule has 0 aromatic heterocycles. The lowest BCUT2D eigenvalue weighted by atomic mass is 9.90. The Morgan fingerprint density at radius 3 is 2.11 bits per heavy atom. The minimum Gasteiger partial charge on any atom is -0.481 e. The fraction of sp³-hybridized carbons (Fsp3) is 0.857. The highest BCUT2D eigenvalue weighted by molar-refractivity contribution is 5.70. The molecule has 0 unspecified atom stereocenters. The van der Waals surface area contributed by atoms with Gasteiger partial charge in [-0.3, -0.25) is 9.59 Å². The van der Waals surface area contributed by atoms with Crippen LogP contribution in [0.5, 0.6) is 0 Å². The topological polar surface area (TPSA) is 102 Å². The van der Waals surface area contributed by atoms with Gasteiger partial charge in [0, 0.05) is 25.3 Å².